The van der Waals surface area contributed by atoms with Gasteiger partial charge in [-0.2, -0.15) is 0 Å². The second-order valence-corrected chi connectivity index (χ2v) is 7.78. The van der Waals surface area contributed by atoms with Gasteiger partial charge in [-0.25, -0.2) is 4.79 Å². The Bertz CT molecular complexity index is 1160. The minimum Gasteiger partial charge on any atom is -0.493 e. The summed E-state index contributed by atoms with van der Waals surface area (Å²) >= 11 is 6.09. The normalized spacial score (nSPS) is 12.4. The maximum atomic E-state index is 12.3. The first kappa shape index (κ1) is 21.7. The van der Waals surface area contributed by atoms with Crippen LogP contribution in [0.2, 0.25) is 5.02 Å². The summed E-state index contributed by atoms with van der Waals surface area (Å²) in [5.74, 6) is 1.43. The van der Waals surface area contributed by atoms with Crippen LogP contribution in [-0.2, 0) is 12.8 Å². The third-order valence-corrected chi connectivity index (χ3v) is 5.64. The maximum Gasteiger partial charge on any atom is 0.323 e. The van der Waals surface area contributed by atoms with Gasteiger partial charge in [0.25, 0.3) is 0 Å². The molecule has 1 aliphatic heterocycles. The van der Waals surface area contributed by atoms with Gasteiger partial charge in [-0.15, -0.1) is 0 Å². The van der Waals surface area contributed by atoms with Crippen LogP contribution >= 0.6 is 11.6 Å². The Kier molecular flexibility index (Phi) is 6.61. The first-order valence-corrected chi connectivity index (χ1v) is 10.6. The Morgan fingerprint density at radius 2 is 1.72 bits per heavy atom. The molecule has 0 bridgehead atoms. The van der Waals surface area contributed by atoms with E-state index in [4.69, 9.17) is 26.1 Å². The van der Waals surface area contributed by atoms with Gasteiger partial charge < -0.3 is 20.1 Å². The molecule has 7 heteroatoms. The molecular weight excluding hydrogens is 426 g/mol. The summed E-state index contributed by atoms with van der Waals surface area (Å²) in [7, 11) is 3.28. The molecule has 1 aliphatic rings. The van der Waals surface area contributed by atoms with E-state index in [0.717, 1.165) is 35.6 Å². The van der Waals surface area contributed by atoms with Crippen LogP contribution < -0.4 is 20.1 Å². The quantitative estimate of drug-likeness (QED) is 0.515. The van der Waals surface area contributed by atoms with E-state index in [1.165, 1.54) is 5.56 Å². The molecule has 0 atom stereocenters. The summed E-state index contributed by atoms with van der Waals surface area (Å²) in [6.45, 7) is 0.750. The first-order valence-electron chi connectivity index (χ1n) is 10.3. The van der Waals surface area contributed by atoms with E-state index >= 15 is 0 Å². The summed E-state index contributed by atoms with van der Waals surface area (Å²) in [6.07, 6.45) is 1.57. The molecule has 164 valence electrons. The number of benzene rings is 3. The lowest BCUT2D eigenvalue weighted by Crippen LogP contribution is -2.19. The summed E-state index contributed by atoms with van der Waals surface area (Å²) < 4.78 is 10.9. The number of fused-ring (bicyclic) bond motifs is 1. The second-order valence-electron chi connectivity index (χ2n) is 7.38. The Morgan fingerprint density at radius 1 is 1.00 bits per heavy atom. The molecule has 0 saturated heterocycles. The molecule has 0 unspecified atom stereocenters. The van der Waals surface area contributed by atoms with Gasteiger partial charge in [-0.1, -0.05) is 35.9 Å². The zero-order valence-corrected chi connectivity index (χ0v) is 18.7. The summed E-state index contributed by atoms with van der Waals surface area (Å²) in [5, 5.41) is 6.06. The highest BCUT2D eigenvalue weighted by molar-refractivity contribution is 6.33. The number of anilines is 2. The van der Waals surface area contributed by atoms with E-state index in [0.29, 0.717) is 28.6 Å². The zero-order valence-electron chi connectivity index (χ0n) is 17.9. The number of para-hydroxylation sites is 1. The number of amides is 2. The number of nitrogens with one attached hydrogen (secondary N) is 2. The molecule has 6 nitrogen and oxygen atoms in total. The highest BCUT2D eigenvalue weighted by atomic mass is 35.5. The smallest absolute Gasteiger partial charge is 0.323 e. The number of carbonyl (C=O) groups excluding carboxylic acids is 1. The molecule has 1 heterocycles. The van der Waals surface area contributed by atoms with Crippen molar-refractivity contribution in [3.63, 3.8) is 0 Å². The number of nitrogens with zero attached hydrogens (tertiary/aromatic N) is 1. The molecule has 3 aromatic carbocycles. The van der Waals surface area contributed by atoms with E-state index in [2.05, 4.69) is 10.6 Å². The van der Waals surface area contributed by atoms with E-state index in [-0.39, 0.29) is 6.03 Å². The second kappa shape index (κ2) is 9.75. The lowest BCUT2D eigenvalue weighted by molar-refractivity contribution is 0.262. The van der Waals surface area contributed by atoms with Gasteiger partial charge in [0.1, 0.15) is 0 Å². The number of aliphatic imine (C=N–C) groups is 1. The number of hydrogen-bond acceptors (Lipinski definition) is 4. The van der Waals surface area contributed by atoms with Crippen molar-refractivity contribution < 1.29 is 14.3 Å². The third kappa shape index (κ3) is 4.86. The lowest BCUT2D eigenvalue weighted by atomic mass is 9.93. The molecule has 0 radical (unpaired) electrons. The van der Waals surface area contributed by atoms with Crippen LogP contribution in [0.3, 0.4) is 0 Å². The van der Waals surface area contributed by atoms with E-state index in [1.807, 2.05) is 48.5 Å². The van der Waals surface area contributed by atoms with Gasteiger partial charge in [-0.3, -0.25) is 4.99 Å². The highest BCUT2D eigenvalue weighted by Crippen LogP contribution is 2.33. The molecular formula is C25H24ClN3O3. The largest absolute Gasteiger partial charge is 0.493 e. The van der Waals surface area contributed by atoms with Gasteiger partial charge in [-0.05, 0) is 53.9 Å². The van der Waals surface area contributed by atoms with Crippen molar-refractivity contribution in [2.24, 2.45) is 4.99 Å². The van der Waals surface area contributed by atoms with Crippen molar-refractivity contribution in [2.75, 3.05) is 31.4 Å². The van der Waals surface area contributed by atoms with Crippen LogP contribution in [0, 0.1) is 0 Å². The molecule has 0 aromatic heterocycles. The monoisotopic (exact) mass is 449 g/mol. The number of carbonyl (C=O) groups is 1. The van der Waals surface area contributed by atoms with Crippen LogP contribution in [0.15, 0.2) is 65.7 Å². The van der Waals surface area contributed by atoms with E-state index < -0.39 is 0 Å². The summed E-state index contributed by atoms with van der Waals surface area (Å²) in [6, 6.07) is 18.5. The fourth-order valence-corrected chi connectivity index (χ4v) is 3.87. The highest BCUT2D eigenvalue weighted by Gasteiger charge is 2.18. The van der Waals surface area contributed by atoms with Crippen molar-refractivity contribution >= 4 is 34.7 Å². The molecule has 4 rings (SSSR count). The van der Waals surface area contributed by atoms with Crippen LogP contribution in [0.1, 0.15) is 16.7 Å². The Balaban J connectivity index is 1.44. The summed E-state index contributed by atoms with van der Waals surface area (Å²) in [4.78, 5) is 17.0. The van der Waals surface area contributed by atoms with Crippen molar-refractivity contribution in [1.29, 1.82) is 0 Å². The number of hydrogen-bond donors (Lipinski definition) is 2. The standard InChI is InChI=1S/C25H24ClN3O3/c1-31-23-14-17-11-12-27-22(19(17)15-24(23)32-2)13-16-7-9-18(10-8-16)28-25(30)29-21-6-4-3-5-20(21)26/h3-10,14-15H,11-13H2,1-2H3,(H2,28,29,30). The number of urea groups is 1. The van der Waals surface area contributed by atoms with Crippen molar-refractivity contribution in [1.82, 2.24) is 0 Å². The Morgan fingerprint density at radius 3 is 2.44 bits per heavy atom. The third-order valence-electron chi connectivity index (χ3n) is 5.31. The molecule has 0 fully saturated rings. The van der Waals surface area contributed by atoms with Gasteiger partial charge in [0.05, 0.1) is 24.9 Å². The molecule has 3 aromatic rings. The molecule has 0 spiro atoms. The SMILES string of the molecule is COc1cc2c(cc1OC)C(Cc1ccc(NC(=O)Nc3ccccc3Cl)cc1)=NCC2. The molecule has 0 aliphatic carbocycles. The first-order chi connectivity index (χ1) is 15.6. The number of rotatable bonds is 6. The minimum absolute atomic E-state index is 0.350. The van der Waals surface area contributed by atoms with E-state index in [9.17, 15) is 4.79 Å². The molecule has 0 saturated carbocycles. The zero-order chi connectivity index (χ0) is 22.5. The fraction of sp³-hybridized carbons (Fsp3) is 0.200. The molecule has 2 amide bonds. The maximum absolute atomic E-state index is 12.3. The predicted octanol–water partition coefficient (Wildman–Crippen LogP) is 5.59. The Hall–Kier alpha value is -3.51. The Labute approximate surface area is 192 Å². The van der Waals surface area contributed by atoms with Gasteiger partial charge in [0.15, 0.2) is 11.5 Å². The average Bonchev–Trinajstić information content (AvgIpc) is 2.81. The van der Waals surface area contributed by atoms with Crippen molar-refractivity contribution in [3.8, 4) is 11.5 Å². The number of ether oxygens (including phenoxy) is 2. The fourth-order valence-electron chi connectivity index (χ4n) is 3.69. The minimum atomic E-state index is -0.350. The molecule has 2 N–H and O–H groups in total. The average molecular weight is 450 g/mol. The van der Waals surface area contributed by atoms with Gasteiger partial charge >= 0.3 is 6.03 Å². The topological polar surface area (TPSA) is 72.0 Å². The number of methoxy groups -OCH3 is 2. The van der Waals surface area contributed by atoms with Crippen LogP contribution in [0.4, 0.5) is 16.2 Å². The molecule has 32 heavy (non-hydrogen) atoms. The predicted molar refractivity (Wildman–Crippen MR) is 129 cm³/mol. The number of halogens is 1. The van der Waals surface area contributed by atoms with Crippen LogP contribution in [-0.4, -0.2) is 32.5 Å². The van der Waals surface area contributed by atoms with Gasteiger partial charge in [0, 0.05) is 29.9 Å². The summed E-state index contributed by atoms with van der Waals surface area (Å²) in [5.41, 5.74) is 5.67. The van der Waals surface area contributed by atoms with Crippen molar-refractivity contribution in [2.45, 2.75) is 12.8 Å². The van der Waals surface area contributed by atoms with E-state index in [1.54, 1.807) is 26.4 Å². The van der Waals surface area contributed by atoms with Crippen LogP contribution in [0.25, 0.3) is 0 Å². The lowest BCUT2D eigenvalue weighted by Gasteiger charge is -2.20. The van der Waals surface area contributed by atoms with Crippen LogP contribution in [0.5, 0.6) is 11.5 Å². The van der Waals surface area contributed by atoms with Gasteiger partial charge in [0.2, 0.25) is 0 Å². The van der Waals surface area contributed by atoms with Crippen molar-refractivity contribution in [3.05, 3.63) is 82.4 Å².